The highest BCUT2D eigenvalue weighted by Crippen LogP contribution is 2.23. The molecule has 0 aromatic carbocycles. The molecule has 19 heavy (non-hydrogen) atoms. The van der Waals surface area contributed by atoms with Crippen molar-refractivity contribution in [3.8, 4) is 0 Å². The largest absolute Gasteiger partial charge is 0.510 e. The minimum atomic E-state index is -0.305. The molecule has 0 fully saturated rings. The molecule has 6 heteroatoms. The molecule has 0 aliphatic carbocycles. The summed E-state index contributed by atoms with van der Waals surface area (Å²) >= 11 is 0. The van der Waals surface area contributed by atoms with Gasteiger partial charge in [0.1, 0.15) is 11.4 Å². The third-order valence-electron chi connectivity index (χ3n) is 2.55. The molecule has 0 radical (unpaired) electrons. The standard InChI is InChI=1S/C13H20N4O2/c1-7(2)6-11(19)13(10(5)18)17-16-12-8(3)14-15-9(12)4/h7,19H,6H2,1-5H3,(H,14,15)/b13-11-,17-16?. The Morgan fingerprint density at radius 2 is 2.05 bits per heavy atom. The summed E-state index contributed by atoms with van der Waals surface area (Å²) in [6.45, 7) is 8.88. The van der Waals surface area contributed by atoms with E-state index in [4.69, 9.17) is 0 Å². The number of carbonyl (C=O) groups is 1. The highest BCUT2D eigenvalue weighted by atomic mass is 16.3. The number of allylic oxidation sites excluding steroid dienone is 2. The van der Waals surface area contributed by atoms with Crippen LogP contribution in [0.2, 0.25) is 0 Å². The van der Waals surface area contributed by atoms with Crippen LogP contribution in [0.4, 0.5) is 5.69 Å². The molecule has 1 aromatic heterocycles. The van der Waals surface area contributed by atoms with E-state index in [0.717, 1.165) is 5.69 Å². The summed E-state index contributed by atoms with van der Waals surface area (Å²) in [7, 11) is 0. The van der Waals surface area contributed by atoms with E-state index in [9.17, 15) is 9.90 Å². The van der Waals surface area contributed by atoms with Crippen LogP contribution in [0.5, 0.6) is 0 Å². The quantitative estimate of drug-likeness (QED) is 0.484. The third kappa shape index (κ3) is 4.01. The number of hydrogen-bond acceptors (Lipinski definition) is 5. The van der Waals surface area contributed by atoms with Crippen LogP contribution in [0.1, 0.15) is 38.6 Å². The van der Waals surface area contributed by atoms with E-state index in [-0.39, 0.29) is 23.2 Å². The van der Waals surface area contributed by atoms with Gasteiger partial charge in [-0.25, -0.2) is 0 Å². The second-order valence-corrected chi connectivity index (χ2v) is 4.93. The first-order valence-corrected chi connectivity index (χ1v) is 6.19. The molecule has 0 aliphatic rings. The van der Waals surface area contributed by atoms with Crippen molar-refractivity contribution < 1.29 is 9.90 Å². The van der Waals surface area contributed by atoms with Gasteiger partial charge in [-0.2, -0.15) is 5.10 Å². The lowest BCUT2D eigenvalue weighted by Crippen LogP contribution is -2.01. The lowest BCUT2D eigenvalue weighted by Gasteiger charge is -2.05. The fraction of sp³-hybridized carbons (Fsp3) is 0.538. The average Bonchev–Trinajstić information content (AvgIpc) is 2.58. The van der Waals surface area contributed by atoms with Gasteiger partial charge in [0, 0.05) is 13.3 Å². The van der Waals surface area contributed by atoms with Crippen LogP contribution in [-0.2, 0) is 4.79 Å². The summed E-state index contributed by atoms with van der Waals surface area (Å²) in [6.07, 6.45) is 0.400. The molecule has 104 valence electrons. The minimum absolute atomic E-state index is 0.00806. The van der Waals surface area contributed by atoms with Gasteiger partial charge in [0.15, 0.2) is 11.5 Å². The average molecular weight is 264 g/mol. The van der Waals surface area contributed by atoms with Crippen molar-refractivity contribution in [2.45, 2.75) is 41.0 Å². The zero-order valence-corrected chi connectivity index (χ0v) is 12.0. The fourth-order valence-corrected chi connectivity index (χ4v) is 1.61. The van der Waals surface area contributed by atoms with E-state index in [1.165, 1.54) is 6.92 Å². The Balaban J connectivity index is 3.07. The second-order valence-electron chi connectivity index (χ2n) is 4.93. The lowest BCUT2D eigenvalue weighted by atomic mass is 10.1. The van der Waals surface area contributed by atoms with Gasteiger partial charge >= 0.3 is 0 Å². The molecular weight excluding hydrogens is 244 g/mol. The van der Waals surface area contributed by atoms with Gasteiger partial charge in [-0.1, -0.05) is 13.8 Å². The minimum Gasteiger partial charge on any atom is -0.510 e. The van der Waals surface area contributed by atoms with Crippen molar-refractivity contribution in [1.82, 2.24) is 10.2 Å². The first-order chi connectivity index (χ1) is 8.82. The van der Waals surface area contributed by atoms with Crippen molar-refractivity contribution in [3.05, 3.63) is 22.8 Å². The Morgan fingerprint density at radius 3 is 2.47 bits per heavy atom. The number of aromatic nitrogens is 2. The number of hydrogen-bond donors (Lipinski definition) is 2. The summed E-state index contributed by atoms with van der Waals surface area (Å²) < 4.78 is 0. The summed E-state index contributed by atoms with van der Waals surface area (Å²) in [5, 5.41) is 24.6. The van der Waals surface area contributed by atoms with E-state index >= 15 is 0 Å². The molecule has 1 aromatic rings. The molecule has 0 unspecified atom stereocenters. The van der Waals surface area contributed by atoms with E-state index < -0.39 is 0 Å². The summed E-state index contributed by atoms with van der Waals surface area (Å²) in [5.41, 5.74) is 2.07. The van der Waals surface area contributed by atoms with Crippen molar-refractivity contribution in [3.63, 3.8) is 0 Å². The Hall–Kier alpha value is -1.98. The molecule has 1 heterocycles. The Kier molecular flexibility index (Phi) is 4.97. The highest BCUT2D eigenvalue weighted by molar-refractivity contribution is 5.93. The van der Waals surface area contributed by atoms with Gasteiger partial charge < -0.3 is 5.11 Å². The zero-order chi connectivity index (χ0) is 14.6. The summed E-state index contributed by atoms with van der Waals surface area (Å²) in [6, 6.07) is 0. The normalized spacial score (nSPS) is 13.2. The maximum atomic E-state index is 11.5. The maximum Gasteiger partial charge on any atom is 0.183 e. The Bertz CT molecular complexity index is 507. The summed E-state index contributed by atoms with van der Waals surface area (Å²) in [4.78, 5) is 11.5. The van der Waals surface area contributed by atoms with Crippen molar-refractivity contribution >= 4 is 11.5 Å². The lowest BCUT2D eigenvalue weighted by molar-refractivity contribution is -0.113. The molecule has 1 rings (SSSR count). The number of nitrogens with zero attached hydrogens (tertiary/aromatic N) is 3. The van der Waals surface area contributed by atoms with Gasteiger partial charge in [-0.3, -0.25) is 9.89 Å². The van der Waals surface area contributed by atoms with Gasteiger partial charge in [-0.15, -0.1) is 10.2 Å². The number of carbonyl (C=O) groups excluding carboxylic acids is 1. The van der Waals surface area contributed by atoms with Crippen molar-refractivity contribution in [1.29, 1.82) is 0 Å². The van der Waals surface area contributed by atoms with Crippen molar-refractivity contribution in [2.24, 2.45) is 16.1 Å². The molecular formula is C13H20N4O2. The molecule has 6 nitrogen and oxygen atoms in total. The molecule has 0 aliphatic heterocycles. The number of aromatic amines is 1. The number of ketones is 1. The van der Waals surface area contributed by atoms with Crippen LogP contribution in [0.25, 0.3) is 0 Å². The van der Waals surface area contributed by atoms with Gasteiger partial charge in [-0.05, 0) is 19.8 Å². The van der Waals surface area contributed by atoms with Crippen LogP contribution in [0.3, 0.4) is 0 Å². The number of H-pyrrole nitrogens is 1. The summed E-state index contributed by atoms with van der Waals surface area (Å²) in [5.74, 6) is -0.0901. The van der Waals surface area contributed by atoms with Gasteiger partial charge in [0.25, 0.3) is 0 Å². The number of nitrogens with one attached hydrogen (secondary N) is 1. The third-order valence-corrected chi connectivity index (χ3v) is 2.55. The molecule has 0 atom stereocenters. The molecule has 0 bridgehead atoms. The number of rotatable bonds is 5. The SMILES string of the molecule is CC(=O)/C(N=Nc1c(C)n[nH]c1C)=C(/O)CC(C)C. The van der Waals surface area contributed by atoms with Gasteiger partial charge in [0.2, 0.25) is 0 Å². The van der Waals surface area contributed by atoms with Crippen LogP contribution in [0, 0.1) is 19.8 Å². The maximum absolute atomic E-state index is 11.5. The fourth-order valence-electron chi connectivity index (χ4n) is 1.61. The molecule has 0 amide bonds. The number of aliphatic hydroxyl groups is 1. The van der Waals surface area contributed by atoms with Crippen LogP contribution < -0.4 is 0 Å². The van der Waals surface area contributed by atoms with E-state index in [0.29, 0.717) is 17.8 Å². The molecule has 0 saturated heterocycles. The smallest absolute Gasteiger partial charge is 0.183 e. The number of aliphatic hydroxyl groups excluding tert-OH is 1. The monoisotopic (exact) mass is 264 g/mol. The van der Waals surface area contributed by atoms with Crippen LogP contribution in [-0.4, -0.2) is 21.1 Å². The van der Waals surface area contributed by atoms with Crippen LogP contribution in [0.15, 0.2) is 21.7 Å². The number of aryl methyl sites for hydroxylation is 2. The van der Waals surface area contributed by atoms with E-state index in [1.54, 1.807) is 6.92 Å². The van der Waals surface area contributed by atoms with Crippen LogP contribution >= 0.6 is 0 Å². The van der Waals surface area contributed by atoms with Gasteiger partial charge in [0.05, 0.1) is 11.4 Å². The van der Waals surface area contributed by atoms with E-state index in [2.05, 4.69) is 20.4 Å². The molecule has 0 spiro atoms. The zero-order valence-electron chi connectivity index (χ0n) is 12.0. The first kappa shape index (κ1) is 15.1. The number of azo groups is 1. The second kappa shape index (κ2) is 6.26. The highest BCUT2D eigenvalue weighted by Gasteiger charge is 2.13. The predicted molar refractivity (Wildman–Crippen MR) is 72.4 cm³/mol. The predicted octanol–water partition coefficient (Wildman–Crippen LogP) is 3.51. The first-order valence-electron chi connectivity index (χ1n) is 6.19. The van der Waals surface area contributed by atoms with E-state index in [1.807, 2.05) is 20.8 Å². The molecule has 2 N–H and O–H groups in total. The topological polar surface area (TPSA) is 90.7 Å². The Labute approximate surface area is 112 Å². The van der Waals surface area contributed by atoms with Crippen molar-refractivity contribution in [2.75, 3.05) is 0 Å². The number of Topliss-reactive ketones (excluding diaryl/α,β-unsaturated/α-hetero) is 1. The molecule has 0 saturated carbocycles. The Morgan fingerprint density at radius 1 is 1.42 bits per heavy atom.